The minimum atomic E-state index is -3.56. The van der Waals surface area contributed by atoms with E-state index in [0.717, 1.165) is 25.7 Å². The van der Waals surface area contributed by atoms with Gasteiger partial charge in [0.1, 0.15) is 11.5 Å². The molecule has 192 valence electrons. The Balaban J connectivity index is 1.41. The summed E-state index contributed by atoms with van der Waals surface area (Å²) < 4.78 is 29.2. The Bertz CT molecular complexity index is 1760. The van der Waals surface area contributed by atoms with E-state index in [1.54, 1.807) is 47.1 Å². The Labute approximate surface area is 211 Å². The second kappa shape index (κ2) is 9.16. The molecule has 0 amide bonds. The molecule has 13 heteroatoms. The van der Waals surface area contributed by atoms with Crippen molar-refractivity contribution in [3.63, 3.8) is 0 Å². The molecule has 1 saturated carbocycles. The minimum absolute atomic E-state index is 0.205. The third kappa shape index (κ3) is 4.74. The molecular weight excluding hydrogens is 496 g/mol. The average Bonchev–Trinajstić information content (AvgIpc) is 3.22. The minimum Gasteiger partial charge on any atom is -0.493 e. The van der Waals surface area contributed by atoms with E-state index in [-0.39, 0.29) is 16.5 Å². The van der Waals surface area contributed by atoms with Crippen molar-refractivity contribution >= 4 is 33.3 Å². The molecule has 1 saturated heterocycles. The van der Waals surface area contributed by atoms with Crippen molar-refractivity contribution in [3.05, 3.63) is 63.4 Å². The van der Waals surface area contributed by atoms with Crippen LogP contribution in [0.15, 0.2) is 51.2 Å². The van der Waals surface area contributed by atoms with Gasteiger partial charge >= 0.3 is 5.69 Å². The summed E-state index contributed by atoms with van der Waals surface area (Å²) in [6.45, 7) is 1.74. The summed E-state index contributed by atoms with van der Waals surface area (Å²) in [6, 6.07) is 8.45. The Hall–Kier alpha value is -3.97. The lowest BCUT2D eigenvalue weighted by Gasteiger charge is -2.16. The number of nitrogens with one attached hydrogen (secondary N) is 3. The van der Waals surface area contributed by atoms with Gasteiger partial charge in [-0.1, -0.05) is 6.07 Å². The van der Waals surface area contributed by atoms with Crippen molar-refractivity contribution in [2.24, 2.45) is 10.9 Å². The van der Waals surface area contributed by atoms with E-state index < -0.39 is 15.7 Å². The van der Waals surface area contributed by atoms with Crippen molar-refractivity contribution in [2.45, 2.75) is 30.6 Å². The highest BCUT2D eigenvalue weighted by Gasteiger charge is 2.27. The van der Waals surface area contributed by atoms with Crippen molar-refractivity contribution < 1.29 is 13.5 Å². The number of anilines is 2. The largest absolute Gasteiger partial charge is 0.493 e. The summed E-state index contributed by atoms with van der Waals surface area (Å²) in [6.07, 6.45) is 7.19. The maximum atomic E-state index is 13.0. The lowest BCUT2D eigenvalue weighted by molar-refractivity contribution is 0.454. The number of aromatic hydroxyl groups is 1. The standard InChI is InChI=1S/C24H26N8O4S/c33-23-19(28-24(34)30-23)10-16-14-26-32-21(25-13-15-6-7-15)12-20(29-22(16)32)27-17-4-3-5-18(11-17)37(35,36)31-8-1-2-9-31/h3-5,10-12,14-15,27,33H,1-2,6-9,13H2,(H2,28,30,34)/b16-10-,25-21?. The van der Waals surface area contributed by atoms with E-state index in [1.807, 2.05) is 0 Å². The highest BCUT2D eigenvalue weighted by Crippen LogP contribution is 2.28. The van der Waals surface area contributed by atoms with E-state index >= 15 is 0 Å². The van der Waals surface area contributed by atoms with Gasteiger partial charge in [-0.05, 0) is 55.9 Å². The van der Waals surface area contributed by atoms with Crippen LogP contribution in [0, 0.1) is 5.92 Å². The molecule has 0 radical (unpaired) electrons. The Kier molecular flexibility index (Phi) is 5.80. The van der Waals surface area contributed by atoms with Gasteiger partial charge < -0.3 is 15.4 Å². The highest BCUT2D eigenvalue weighted by molar-refractivity contribution is 7.89. The molecule has 12 nitrogen and oxygen atoms in total. The first-order chi connectivity index (χ1) is 17.9. The monoisotopic (exact) mass is 522 g/mol. The third-order valence-electron chi connectivity index (χ3n) is 6.53. The van der Waals surface area contributed by atoms with Crippen LogP contribution in [0.3, 0.4) is 0 Å². The Morgan fingerprint density at radius 1 is 1.19 bits per heavy atom. The second-order valence-corrected chi connectivity index (χ2v) is 11.3. The number of aromatic nitrogens is 5. The maximum absolute atomic E-state index is 13.0. The zero-order chi connectivity index (χ0) is 25.6. The van der Waals surface area contributed by atoms with Crippen molar-refractivity contribution in [2.75, 3.05) is 25.0 Å². The van der Waals surface area contributed by atoms with Gasteiger partial charge in [0.05, 0.1) is 11.1 Å². The predicted molar refractivity (Wildman–Crippen MR) is 136 cm³/mol. The second-order valence-electron chi connectivity index (χ2n) is 9.37. The molecule has 2 aliphatic rings. The molecule has 4 heterocycles. The summed E-state index contributed by atoms with van der Waals surface area (Å²) in [7, 11) is -3.56. The fourth-order valence-electron chi connectivity index (χ4n) is 4.37. The molecule has 4 aromatic rings. The lowest BCUT2D eigenvalue weighted by atomic mass is 10.3. The number of sulfonamides is 1. The summed E-state index contributed by atoms with van der Waals surface area (Å²) in [5.74, 6) is 0.739. The van der Waals surface area contributed by atoms with Gasteiger partial charge in [-0.2, -0.15) is 13.9 Å². The normalized spacial score (nSPS) is 17.7. The Morgan fingerprint density at radius 2 is 2.00 bits per heavy atom. The molecular formula is C24H26N8O4S. The van der Waals surface area contributed by atoms with E-state index in [1.165, 1.54) is 4.31 Å². The van der Waals surface area contributed by atoms with E-state index in [4.69, 9.17) is 9.98 Å². The molecule has 37 heavy (non-hydrogen) atoms. The van der Waals surface area contributed by atoms with Crippen LogP contribution >= 0.6 is 0 Å². The van der Waals surface area contributed by atoms with Gasteiger partial charge in [-0.3, -0.25) is 9.98 Å². The first-order valence-corrected chi connectivity index (χ1v) is 13.6. The first kappa shape index (κ1) is 23.4. The number of imidazole rings is 1. The number of aromatic amines is 2. The number of benzene rings is 1. The number of nitrogens with zero attached hydrogens (tertiary/aromatic N) is 5. The van der Waals surface area contributed by atoms with Gasteiger partial charge in [-0.15, -0.1) is 0 Å². The number of hydrogen-bond donors (Lipinski definition) is 4. The molecule has 0 spiro atoms. The topological polar surface area (TPSA) is 161 Å². The Morgan fingerprint density at radius 3 is 2.73 bits per heavy atom. The van der Waals surface area contributed by atoms with Crippen LogP contribution in [0.4, 0.5) is 11.5 Å². The van der Waals surface area contributed by atoms with E-state index in [9.17, 15) is 18.3 Å². The highest BCUT2D eigenvalue weighted by atomic mass is 32.2. The molecule has 6 rings (SSSR count). The SMILES string of the molecule is O=c1[nH]c(O)c(/C=c2/cnn3c(=NCC4CC4)cc(Nc4cccc(S(=O)(=O)N5CCCC5)c4)nc23)[nH]1. The van der Waals surface area contributed by atoms with Crippen molar-refractivity contribution in [1.82, 2.24) is 28.9 Å². The average molecular weight is 523 g/mol. The van der Waals surface area contributed by atoms with Gasteiger partial charge in [0, 0.05) is 36.6 Å². The maximum Gasteiger partial charge on any atom is 0.326 e. The zero-order valence-corrected chi connectivity index (χ0v) is 20.7. The molecule has 0 bridgehead atoms. The molecule has 4 N–H and O–H groups in total. The predicted octanol–water partition coefficient (Wildman–Crippen LogP) is 0.838. The summed E-state index contributed by atoms with van der Waals surface area (Å²) >= 11 is 0. The van der Waals surface area contributed by atoms with Crippen LogP contribution in [-0.4, -0.2) is 62.0 Å². The zero-order valence-electron chi connectivity index (χ0n) is 19.9. The van der Waals surface area contributed by atoms with Crippen LogP contribution in [0.25, 0.3) is 11.7 Å². The van der Waals surface area contributed by atoms with Crippen LogP contribution in [0.2, 0.25) is 0 Å². The fourth-order valence-corrected chi connectivity index (χ4v) is 5.94. The molecule has 1 aliphatic carbocycles. The summed E-state index contributed by atoms with van der Waals surface area (Å²) in [5, 5.41) is 18.2. The molecule has 1 aromatic carbocycles. The molecule has 2 fully saturated rings. The van der Waals surface area contributed by atoms with E-state index in [2.05, 4.69) is 20.4 Å². The molecule has 3 aromatic heterocycles. The van der Waals surface area contributed by atoms with Crippen LogP contribution in [-0.2, 0) is 10.0 Å². The molecule has 0 atom stereocenters. The molecule has 0 unspecified atom stereocenters. The number of hydrogen-bond acceptors (Lipinski definition) is 8. The van der Waals surface area contributed by atoms with Crippen LogP contribution in [0.1, 0.15) is 31.4 Å². The smallest absolute Gasteiger partial charge is 0.326 e. The van der Waals surface area contributed by atoms with Crippen molar-refractivity contribution in [1.29, 1.82) is 0 Å². The van der Waals surface area contributed by atoms with Crippen molar-refractivity contribution in [3.8, 4) is 5.88 Å². The molecule has 1 aliphatic heterocycles. The van der Waals surface area contributed by atoms with Crippen LogP contribution in [0.5, 0.6) is 5.88 Å². The van der Waals surface area contributed by atoms with Gasteiger partial charge in [0.2, 0.25) is 15.9 Å². The number of rotatable bonds is 7. The van der Waals surface area contributed by atoms with Gasteiger partial charge in [-0.25, -0.2) is 18.2 Å². The van der Waals surface area contributed by atoms with E-state index in [0.29, 0.717) is 53.4 Å². The van der Waals surface area contributed by atoms with Gasteiger partial charge in [0.15, 0.2) is 11.1 Å². The first-order valence-electron chi connectivity index (χ1n) is 12.2. The third-order valence-corrected chi connectivity index (χ3v) is 8.43. The lowest BCUT2D eigenvalue weighted by Crippen LogP contribution is -2.27. The number of H-pyrrole nitrogens is 2. The van der Waals surface area contributed by atoms with Crippen LogP contribution < -0.4 is 21.7 Å². The van der Waals surface area contributed by atoms with Gasteiger partial charge in [0.25, 0.3) is 0 Å². The number of fused-ring (bicyclic) bond motifs is 1. The fraction of sp³-hybridized carbons (Fsp3) is 0.333. The summed E-state index contributed by atoms with van der Waals surface area (Å²) in [5.41, 5.74) is 1.30. The summed E-state index contributed by atoms with van der Waals surface area (Å²) in [4.78, 5) is 26.0. The quantitative estimate of drug-likeness (QED) is 0.280.